The van der Waals surface area contributed by atoms with Gasteiger partial charge in [0.15, 0.2) is 5.71 Å². The molecule has 0 spiro atoms. The van der Waals surface area contributed by atoms with Gasteiger partial charge in [-0.3, -0.25) is 37.6 Å². The zero-order valence-electron chi connectivity index (χ0n) is 49.3. The summed E-state index contributed by atoms with van der Waals surface area (Å²) in [4.78, 5) is 64.4. The summed E-state index contributed by atoms with van der Waals surface area (Å²) in [5, 5.41) is 21.8. The maximum atomic E-state index is 13.5. The smallest absolute Gasteiger partial charge is 0.303 e. The Balaban J connectivity index is 1.24. The van der Waals surface area contributed by atoms with Gasteiger partial charge in [-0.15, -0.1) is 0 Å². The molecule has 8 N–H and O–H groups in total. The first kappa shape index (κ1) is 66.4. The number of hydrogen-bond donors (Lipinski definition) is 8. The summed E-state index contributed by atoms with van der Waals surface area (Å²) < 4.78 is 109. The number of rotatable bonds is 12. The molecule has 4 aromatic rings. The molecule has 0 radical (unpaired) electrons. The van der Waals surface area contributed by atoms with Crippen LogP contribution in [0.15, 0.2) is 111 Å². The molecule has 3 heterocycles. The predicted molar refractivity (Wildman–Crippen MR) is 329 cm³/mol. The molecule has 3 atom stereocenters. The van der Waals surface area contributed by atoms with Gasteiger partial charge in [0.25, 0.3) is 30.4 Å². The van der Waals surface area contributed by atoms with Crippen LogP contribution in [0.4, 0.5) is 11.4 Å². The number of aryl methyl sites for hydroxylation is 1. The molecule has 0 fully saturated rings. The summed E-state index contributed by atoms with van der Waals surface area (Å²) in [6.45, 7) is 10.7. The van der Waals surface area contributed by atoms with Crippen LogP contribution in [0.2, 0.25) is 0 Å². The zero-order chi connectivity index (χ0) is 62.8. The van der Waals surface area contributed by atoms with Gasteiger partial charge in [-0.25, -0.2) is 0 Å². The molecule has 0 saturated carbocycles. The molecule has 3 aliphatic heterocycles. The minimum atomic E-state index is -5.00. The van der Waals surface area contributed by atoms with Crippen molar-refractivity contribution in [1.82, 2.24) is 21.3 Å². The van der Waals surface area contributed by atoms with E-state index in [1.165, 1.54) is 24.3 Å². The second-order valence-corrected chi connectivity index (χ2v) is 26.8. The number of amides is 4. The third-order valence-electron chi connectivity index (χ3n) is 16.8. The maximum Gasteiger partial charge on any atom is 0.303 e. The first-order valence-electron chi connectivity index (χ1n) is 29.2. The van der Waals surface area contributed by atoms with Crippen LogP contribution >= 0.6 is 0 Å². The van der Waals surface area contributed by atoms with Crippen molar-refractivity contribution in [2.45, 2.75) is 162 Å². The number of carbonyl (C=O) groups is 5. The van der Waals surface area contributed by atoms with E-state index in [4.69, 9.17) is 5.11 Å². The first-order chi connectivity index (χ1) is 40.6. The Hall–Kier alpha value is -7.09. The third kappa shape index (κ3) is 15.5. The molecule has 0 bridgehead atoms. The lowest BCUT2D eigenvalue weighted by molar-refractivity contribution is -0.438. The molecule has 0 aromatic heterocycles. The van der Waals surface area contributed by atoms with Crippen LogP contribution < -0.4 is 26.2 Å². The van der Waals surface area contributed by atoms with E-state index in [0.29, 0.717) is 106 Å². The van der Waals surface area contributed by atoms with Gasteiger partial charge in [0.05, 0.1) is 21.8 Å². The number of unbranched alkanes of at least 4 members (excludes halogenated alkanes) is 2. The molecule has 0 saturated heterocycles. The fraction of sp³-hybridized carbons (Fsp3) is 0.452. The number of allylic oxidation sites excluding steroid dienone is 8. The Morgan fingerprint density at radius 3 is 2.00 bits per heavy atom. The minimum Gasteiger partial charge on any atom is -0.481 e. The van der Waals surface area contributed by atoms with Crippen LogP contribution in [0.25, 0.3) is 21.5 Å². The molecular weight excluding hydrogens is 1160 g/mol. The fourth-order valence-electron chi connectivity index (χ4n) is 12.0. The van der Waals surface area contributed by atoms with Gasteiger partial charge >= 0.3 is 5.97 Å². The number of aliphatic carboxylic acids is 1. The molecule has 464 valence electrons. The maximum absolute atomic E-state index is 13.5. The van der Waals surface area contributed by atoms with E-state index in [1.807, 2.05) is 68.5 Å². The van der Waals surface area contributed by atoms with Crippen molar-refractivity contribution in [3.05, 3.63) is 113 Å². The van der Waals surface area contributed by atoms with Crippen LogP contribution in [-0.2, 0) is 65.2 Å². The van der Waals surface area contributed by atoms with Crippen molar-refractivity contribution in [1.29, 1.82) is 0 Å². The van der Waals surface area contributed by atoms with Crippen LogP contribution in [0.3, 0.4) is 0 Å². The second kappa shape index (κ2) is 28.2. The summed E-state index contributed by atoms with van der Waals surface area (Å²) in [5.74, 6) is -2.61. The van der Waals surface area contributed by atoms with Gasteiger partial charge in [0.2, 0.25) is 29.3 Å². The van der Waals surface area contributed by atoms with E-state index in [0.717, 1.165) is 34.1 Å². The van der Waals surface area contributed by atoms with E-state index in [9.17, 15) is 62.9 Å². The Morgan fingerprint density at radius 2 is 1.33 bits per heavy atom. The Bertz CT molecular complexity index is 3820. The highest BCUT2D eigenvalue weighted by Gasteiger charge is 2.48. The number of carbonyl (C=O) groups excluding carboxylic acids is 4. The van der Waals surface area contributed by atoms with E-state index in [2.05, 4.69) is 44.6 Å². The molecule has 3 unspecified atom stereocenters. The average Bonchev–Trinajstić information content (AvgIpc) is 1.54. The number of nitrogens with one attached hydrogen (secondary N) is 4. The molecule has 7 rings (SSSR count). The first-order valence-corrected chi connectivity index (χ1v) is 33.5. The number of nitrogens with zero attached hydrogens (tertiary/aromatic N) is 2. The number of fused-ring (bicyclic) bond motifs is 9. The van der Waals surface area contributed by atoms with Crippen molar-refractivity contribution >= 4 is 98.6 Å². The number of anilines is 1. The zero-order valence-corrected chi connectivity index (χ0v) is 51.7. The third-order valence-corrected chi connectivity index (χ3v) is 19.3. The van der Waals surface area contributed by atoms with Crippen LogP contribution in [0.5, 0.6) is 0 Å². The number of carboxylic acids is 1. The van der Waals surface area contributed by atoms with E-state index in [1.54, 1.807) is 13.0 Å². The summed E-state index contributed by atoms with van der Waals surface area (Å²) in [6, 6.07) is 11.1. The highest BCUT2D eigenvalue weighted by molar-refractivity contribution is 7.87. The quantitative estimate of drug-likeness (QED) is 0.0374. The van der Waals surface area contributed by atoms with Crippen LogP contribution in [0.1, 0.15) is 141 Å². The molecule has 0 aliphatic carbocycles. The summed E-state index contributed by atoms with van der Waals surface area (Å²) in [7, 11) is -14.5. The van der Waals surface area contributed by atoms with Gasteiger partial charge in [0, 0.05) is 85.2 Å². The van der Waals surface area contributed by atoms with E-state index in [-0.39, 0.29) is 66.9 Å². The molecule has 4 amide bonds. The highest BCUT2D eigenvalue weighted by Crippen LogP contribution is 2.54. The Kier molecular flexibility index (Phi) is 21.8. The number of carboxylic acid groups (broad SMARTS) is 1. The van der Waals surface area contributed by atoms with Gasteiger partial charge < -0.3 is 31.3 Å². The van der Waals surface area contributed by atoms with Crippen molar-refractivity contribution in [3.63, 3.8) is 0 Å². The van der Waals surface area contributed by atoms with Gasteiger partial charge in [-0.2, -0.15) is 29.8 Å². The molecule has 24 heteroatoms. The minimum absolute atomic E-state index is 0.000144. The van der Waals surface area contributed by atoms with Gasteiger partial charge in [0.1, 0.15) is 17.5 Å². The SMILES string of the molecule is CCC1(C)C2=[N+](CCCCCC(=O)NCC(=O)NCCC(C(=O)NCCCCCC(=O)O)NC(=O)CCCCCN3/C(=C/C=C/C=C/C=C/2)C(C)(CC)c2c3ccc3c(S(=O)(=O)O)cc(S(=O)(=O)O)cc23)c2ccc3c(C)cc(S(=O)(=O)O)cc3c21. The summed E-state index contributed by atoms with van der Waals surface area (Å²) >= 11 is 0. The molecule has 21 nitrogen and oxygen atoms in total. The molecule has 4 aromatic carbocycles. The standard InChI is InChI=1S/C62H78N6O15S3/c1-6-61(4)52-22-14-9-8-10-15-23-53-62(5,7-2)59-47-38-43(85(78,79)80)39-51(86(81,82)83)45(47)28-30-50(59)68(53)35-21-13-17-25-55(70)66-48(60(74)64-32-19-11-18-26-57(72)73)31-33-63-56(71)40-65-54(69)24-16-12-20-34-67(52)49-29-27-44-41(3)36-42(84(75,76)77)37-46(44)58(49)61/h8-10,14-15,22-23,27-30,36-39,48H,6-7,11-13,16-21,24-26,31-35,40H2,1-5H3,(H7-,63,64,65,66,69,70,71,72,73,74,75,76,77,78,79,80,81,82,83)/p+1. The number of benzene rings is 4. The van der Waals surface area contributed by atoms with Gasteiger partial charge in [-0.05, 0) is 148 Å². The van der Waals surface area contributed by atoms with Crippen LogP contribution in [0, 0.1) is 6.92 Å². The van der Waals surface area contributed by atoms with Crippen molar-refractivity contribution in [2.75, 3.05) is 37.6 Å². The topological polar surface area (TPSA) is 323 Å². The summed E-state index contributed by atoms with van der Waals surface area (Å²) in [6.07, 6.45) is 19.4. The second-order valence-electron chi connectivity index (χ2n) is 22.6. The lowest BCUT2D eigenvalue weighted by atomic mass is 9.75. The highest BCUT2D eigenvalue weighted by atomic mass is 32.2. The van der Waals surface area contributed by atoms with Crippen molar-refractivity contribution in [2.24, 2.45) is 0 Å². The predicted octanol–water partition coefficient (Wildman–Crippen LogP) is 8.55. The lowest BCUT2D eigenvalue weighted by Gasteiger charge is -2.29. The van der Waals surface area contributed by atoms with E-state index >= 15 is 0 Å². The van der Waals surface area contributed by atoms with Crippen LogP contribution in [-0.4, -0.2) is 123 Å². The van der Waals surface area contributed by atoms with Crippen molar-refractivity contribution in [3.8, 4) is 0 Å². The molecule has 3 aliphatic rings. The monoisotopic (exact) mass is 1240 g/mol. The van der Waals surface area contributed by atoms with Gasteiger partial charge in [-0.1, -0.05) is 63.1 Å². The van der Waals surface area contributed by atoms with Crippen molar-refractivity contribution < 1.29 is 72.6 Å². The molecule has 86 heavy (non-hydrogen) atoms. The Labute approximate surface area is 503 Å². The number of hydrogen-bond acceptors (Lipinski definition) is 12. The normalized spacial score (nSPS) is 22.8. The molecular formula is C62H79N6O15S3+. The fourth-order valence-corrected chi connectivity index (χ4v) is 13.9. The lowest BCUT2D eigenvalue weighted by Crippen LogP contribution is -2.48. The summed E-state index contributed by atoms with van der Waals surface area (Å²) in [5.41, 5.74) is 3.88. The van der Waals surface area contributed by atoms with E-state index < -0.39 is 80.7 Å². The largest absolute Gasteiger partial charge is 0.481 e. The Morgan fingerprint density at radius 1 is 0.686 bits per heavy atom. The average molecular weight is 1240 g/mol.